The zero-order valence-corrected chi connectivity index (χ0v) is 18.2. The molecule has 4 rings (SSSR count). The van der Waals surface area contributed by atoms with Crippen LogP contribution in [-0.2, 0) is 10.0 Å². The van der Waals surface area contributed by atoms with Crippen LogP contribution in [0.1, 0.15) is 17.3 Å². The smallest absolute Gasteiger partial charge is 0.261 e. The zero-order chi connectivity index (χ0) is 22.6. The molecule has 2 N–H and O–H groups in total. The van der Waals surface area contributed by atoms with Crippen molar-refractivity contribution < 1.29 is 17.9 Å². The van der Waals surface area contributed by atoms with Crippen LogP contribution in [0.5, 0.6) is 5.75 Å². The standard InChI is InChI=1S/C25H22N2O4S/c1-2-31-23-14-12-21(13-15-23)27-32(29,30)24-9-5-8-20(17-24)25(28)26-22-11-10-18-6-3-4-7-19(18)16-22/h3-17,27H,2H2,1H3,(H,26,28). The predicted octanol–water partition coefficient (Wildman–Crippen LogP) is 5.29. The number of ether oxygens (including phenoxy) is 1. The lowest BCUT2D eigenvalue weighted by atomic mass is 10.1. The van der Waals surface area contributed by atoms with Gasteiger partial charge in [0.1, 0.15) is 5.75 Å². The highest BCUT2D eigenvalue weighted by atomic mass is 32.2. The van der Waals surface area contributed by atoms with Gasteiger partial charge in [-0.05, 0) is 72.3 Å². The number of fused-ring (bicyclic) bond motifs is 1. The third-order valence-electron chi connectivity index (χ3n) is 4.83. The minimum atomic E-state index is -3.87. The minimum Gasteiger partial charge on any atom is -0.494 e. The Bertz CT molecular complexity index is 1370. The van der Waals surface area contributed by atoms with Crippen LogP contribution in [0.15, 0.2) is 95.9 Å². The van der Waals surface area contributed by atoms with Gasteiger partial charge in [0.15, 0.2) is 0 Å². The number of amides is 1. The average molecular weight is 447 g/mol. The monoisotopic (exact) mass is 446 g/mol. The molecule has 0 heterocycles. The molecule has 0 unspecified atom stereocenters. The molecule has 4 aromatic carbocycles. The van der Waals surface area contributed by atoms with Crippen molar-refractivity contribution in [1.82, 2.24) is 0 Å². The van der Waals surface area contributed by atoms with Crippen LogP contribution in [0.4, 0.5) is 11.4 Å². The number of nitrogens with one attached hydrogen (secondary N) is 2. The quantitative estimate of drug-likeness (QED) is 0.404. The van der Waals surface area contributed by atoms with Crippen LogP contribution in [0.2, 0.25) is 0 Å². The lowest BCUT2D eigenvalue weighted by Gasteiger charge is -2.11. The first-order chi connectivity index (χ1) is 15.4. The summed E-state index contributed by atoms with van der Waals surface area (Å²) in [6, 6.07) is 26.0. The number of sulfonamides is 1. The lowest BCUT2D eigenvalue weighted by Crippen LogP contribution is -2.16. The molecule has 0 saturated carbocycles. The maximum atomic E-state index is 12.8. The fourth-order valence-electron chi connectivity index (χ4n) is 3.27. The summed E-state index contributed by atoms with van der Waals surface area (Å²) in [5.41, 5.74) is 1.28. The van der Waals surface area contributed by atoms with E-state index in [2.05, 4.69) is 10.0 Å². The van der Waals surface area contributed by atoms with E-state index in [4.69, 9.17) is 4.74 Å². The summed E-state index contributed by atoms with van der Waals surface area (Å²) in [5.74, 6) is 0.265. The van der Waals surface area contributed by atoms with Crippen molar-refractivity contribution in [2.24, 2.45) is 0 Å². The van der Waals surface area contributed by atoms with E-state index < -0.39 is 15.9 Å². The van der Waals surface area contributed by atoms with E-state index >= 15 is 0 Å². The Morgan fingerprint density at radius 3 is 2.28 bits per heavy atom. The molecular formula is C25H22N2O4S. The van der Waals surface area contributed by atoms with Gasteiger partial charge in [-0.2, -0.15) is 0 Å². The molecular weight excluding hydrogens is 424 g/mol. The van der Waals surface area contributed by atoms with Crippen LogP contribution in [-0.4, -0.2) is 20.9 Å². The highest BCUT2D eigenvalue weighted by Crippen LogP contribution is 2.22. The topological polar surface area (TPSA) is 84.5 Å². The van der Waals surface area contributed by atoms with Crippen molar-refractivity contribution >= 4 is 38.1 Å². The van der Waals surface area contributed by atoms with Crippen molar-refractivity contribution in [2.45, 2.75) is 11.8 Å². The van der Waals surface area contributed by atoms with Crippen LogP contribution < -0.4 is 14.8 Å². The second-order valence-corrected chi connectivity index (χ2v) is 8.79. The first-order valence-corrected chi connectivity index (χ1v) is 11.6. The summed E-state index contributed by atoms with van der Waals surface area (Å²) < 4.78 is 33.5. The fourth-order valence-corrected chi connectivity index (χ4v) is 4.38. The number of carbonyl (C=O) groups is 1. The highest BCUT2D eigenvalue weighted by molar-refractivity contribution is 7.92. The first-order valence-electron chi connectivity index (χ1n) is 10.1. The molecule has 0 aliphatic rings. The van der Waals surface area contributed by atoms with Crippen LogP contribution in [0, 0.1) is 0 Å². The molecule has 0 aliphatic heterocycles. The summed E-state index contributed by atoms with van der Waals surface area (Å²) in [6.07, 6.45) is 0. The molecule has 1 amide bonds. The van der Waals surface area contributed by atoms with Crippen molar-refractivity contribution in [3.8, 4) is 5.75 Å². The SMILES string of the molecule is CCOc1ccc(NS(=O)(=O)c2cccc(C(=O)Nc3ccc4ccccc4c3)c2)cc1. The molecule has 0 atom stereocenters. The molecule has 0 spiro atoms. The minimum absolute atomic E-state index is 0.00227. The molecule has 6 nitrogen and oxygen atoms in total. The Balaban J connectivity index is 1.51. The highest BCUT2D eigenvalue weighted by Gasteiger charge is 2.17. The number of hydrogen-bond acceptors (Lipinski definition) is 4. The van der Waals surface area contributed by atoms with E-state index in [1.54, 1.807) is 36.4 Å². The van der Waals surface area contributed by atoms with Gasteiger partial charge >= 0.3 is 0 Å². The Kier molecular flexibility index (Phi) is 6.09. The summed E-state index contributed by atoms with van der Waals surface area (Å²) >= 11 is 0. The normalized spacial score (nSPS) is 11.2. The van der Waals surface area contributed by atoms with E-state index in [-0.39, 0.29) is 10.5 Å². The summed E-state index contributed by atoms with van der Waals surface area (Å²) in [6.45, 7) is 2.40. The molecule has 0 fully saturated rings. The number of rotatable bonds is 7. The van der Waals surface area contributed by atoms with E-state index in [1.807, 2.05) is 49.4 Å². The van der Waals surface area contributed by atoms with Crippen LogP contribution >= 0.6 is 0 Å². The molecule has 0 radical (unpaired) electrons. The molecule has 7 heteroatoms. The fraction of sp³-hybridized carbons (Fsp3) is 0.0800. The Hall–Kier alpha value is -3.84. The third kappa shape index (κ3) is 4.90. The number of anilines is 2. The second-order valence-electron chi connectivity index (χ2n) is 7.11. The Labute approximate surface area is 186 Å². The maximum Gasteiger partial charge on any atom is 0.261 e. The molecule has 0 bridgehead atoms. The van der Waals surface area contributed by atoms with Gasteiger partial charge < -0.3 is 10.1 Å². The van der Waals surface area contributed by atoms with Gasteiger partial charge in [-0.1, -0.05) is 36.4 Å². The van der Waals surface area contributed by atoms with Gasteiger partial charge in [0, 0.05) is 16.9 Å². The van der Waals surface area contributed by atoms with Gasteiger partial charge in [0.25, 0.3) is 15.9 Å². The average Bonchev–Trinajstić information content (AvgIpc) is 2.80. The number of benzene rings is 4. The Morgan fingerprint density at radius 2 is 1.53 bits per heavy atom. The summed E-state index contributed by atoms with van der Waals surface area (Å²) in [7, 11) is -3.87. The van der Waals surface area contributed by atoms with E-state index in [0.29, 0.717) is 23.7 Å². The first kappa shape index (κ1) is 21.4. The maximum absolute atomic E-state index is 12.8. The van der Waals surface area contributed by atoms with Crippen molar-refractivity contribution in [3.63, 3.8) is 0 Å². The summed E-state index contributed by atoms with van der Waals surface area (Å²) in [4.78, 5) is 12.7. The zero-order valence-electron chi connectivity index (χ0n) is 17.4. The van der Waals surface area contributed by atoms with Crippen LogP contribution in [0.25, 0.3) is 10.8 Å². The molecule has 4 aromatic rings. The van der Waals surface area contributed by atoms with Crippen molar-refractivity contribution in [1.29, 1.82) is 0 Å². The molecule has 0 aromatic heterocycles. The molecule has 32 heavy (non-hydrogen) atoms. The van der Waals surface area contributed by atoms with Gasteiger partial charge in [-0.3, -0.25) is 9.52 Å². The predicted molar refractivity (Wildman–Crippen MR) is 127 cm³/mol. The van der Waals surface area contributed by atoms with E-state index in [1.165, 1.54) is 12.1 Å². The third-order valence-corrected chi connectivity index (χ3v) is 6.21. The number of hydrogen-bond donors (Lipinski definition) is 2. The lowest BCUT2D eigenvalue weighted by molar-refractivity contribution is 0.102. The van der Waals surface area contributed by atoms with Crippen molar-refractivity contribution in [2.75, 3.05) is 16.6 Å². The largest absolute Gasteiger partial charge is 0.494 e. The van der Waals surface area contributed by atoms with Gasteiger partial charge in [0.2, 0.25) is 0 Å². The Morgan fingerprint density at radius 1 is 0.812 bits per heavy atom. The van der Waals surface area contributed by atoms with Gasteiger partial charge in [-0.25, -0.2) is 8.42 Å². The van der Waals surface area contributed by atoms with Crippen LogP contribution in [0.3, 0.4) is 0 Å². The van der Waals surface area contributed by atoms with E-state index in [0.717, 1.165) is 10.8 Å². The molecule has 0 saturated heterocycles. The number of carbonyl (C=O) groups excluding carboxylic acids is 1. The molecule has 0 aliphatic carbocycles. The van der Waals surface area contributed by atoms with E-state index in [9.17, 15) is 13.2 Å². The molecule has 162 valence electrons. The second kappa shape index (κ2) is 9.11. The van der Waals surface area contributed by atoms with Crippen molar-refractivity contribution in [3.05, 3.63) is 96.6 Å². The van der Waals surface area contributed by atoms with Gasteiger partial charge in [0.05, 0.1) is 11.5 Å². The van der Waals surface area contributed by atoms with Gasteiger partial charge in [-0.15, -0.1) is 0 Å². The summed E-state index contributed by atoms with van der Waals surface area (Å²) in [5, 5.41) is 4.90.